The van der Waals surface area contributed by atoms with E-state index in [0.29, 0.717) is 0 Å². The second-order valence-corrected chi connectivity index (χ2v) is 4.28. The number of pyridine rings is 1. The van der Waals surface area contributed by atoms with Crippen molar-refractivity contribution < 1.29 is 4.79 Å². The van der Waals surface area contributed by atoms with Gasteiger partial charge in [0.05, 0.1) is 17.6 Å². The van der Waals surface area contributed by atoms with Crippen LogP contribution in [-0.2, 0) is 17.6 Å². The van der Waals surface area contributed by atoms with E-state index in [0.717, 1.165) is 28.6 Å². The van der Waals surface area contributed by atoms with E-state index in [9.17, 15) is 4.79 Å². The summed E-state index contributed by atoms with van der Waals surface area (Å²) in [7, 11) is 0. The van der Waals surface area contributed by atoms with Crippen LogP contribution in [0.3, 0.4) is 0 Å². The molecule has 1 aromatic heterocycles. The lowest BCUT2D eigenvalue weighted by atomic mass is 10.0. The van der Waals surface area contributed by atoms with Crippen molar-refractivity contribution in [1.82, 2.24) is 4.98 Å². The lowest BCUT2D eigenvalue weighted by Gasteiger charge is -2.07. The molecule has 1 amide bonds. The maximum absolute atomic E-state index is 10.9. The summed E-state index contributed by atoms with van der Waals surface area (Å²) < 4.78 is 0. The minimum absolute atomic E-state index is 0.201. The van der Waals surface area contributed by atoms with Crippen molar-refractivity contribution in [1.29, 1.82) is 0 Å². The van der Waals surface area contributed by atoms with E-state index < -0.39 is 0 Å². The van der Waals surface area contributed by atoms with Gasteiger partial charge >= 0.3 is 0 Å². The molecule has 0 fully saturated rings. The van der Waals surface area contributed by atoms with Gasteiger partial charge in [0.15, 0.2) is 0 Å². The van der Waals surface area contributed by atoms with E-state index in [-0.39, 0.29) is 12.3 Å². The Morgan fingerprint density at radius 1 is 1.35 bits per heavy atom. The molecule has 1 aromatic carbocycles. The number of hydrogen-bond acceptors (Lipinski definition) is 2. The smallest absolute Gasteiger partial charge is 0.223 e. The molecule has 0 spiro atoms. The SMILES string of the molecule is CCc1ccc2nc(CC(N)=O)cc(C)c2c1. The standard InChI is InChI=1S/C14H16N2O/c1-3-10-4-5-13-12(7-10)9(2)6-11(16-13)8-14(15)17/h4-7H,3,8H2,1-2H3,(H2,15,17). The number of nitrogens with two attached hydrogens (primary N) is 1. The van der Waals surface area contributed by atoms with E-state index >= 15 is 0 Å². The molecule has 2 aromatic rings. The molecule has 0 bridgehead atoms. The van der Waals surface area contributed by atoms with Crippen molar-refractivity contribution >= 4 is 16.8 Å². The number of rotatable bonds is 3. The zero-order valence-electron chi connectivity index (χ0n) is 10.2. The highest BCUT2D eigenvalue weighted by Gasteiger charge is 2.05. The monoisotopic (exact) mass is 228 g/mol. The van der Waals surface area contributed by atoms with Gasteiger partial charge in [0, 0.05) is 5.39 Å². The van der Waals surface area contributed by atoms with E-state index in [1.165, 1.54) is 5.56 Å². The first-order chi connectivity index (χ1) is 8.10. The minimum Gasteiger partial charge on any atom is -0.369 e. The summed E-state index contributed by atoms with van der Waals surface area (Å²) in [5.74, 6) is -0.346. The lowest BCUT2D eigenvalue weighted by Crippen LogP contribution is -2.14. The zero-order valence-corrected chi connectivity index (χ0v) is 10.2. The molecule has 3 nitrogen and oxygen atoms in total. The Bertz CT molecular complexity index is 576. The Morgan fingerprint density at radius 2 is 2.12 bits per heavy atom. The summed E-state index contributed by atoms with van der Waals surface area (Å²) in [5.41, 5.74) is 9.29. The summed E-state index contributed by atoms with van der Waals surface area (Å²) >= 11 is 0. The third kappa shape index (κ3) is 2.44. The second kappa shape index (κ2) is 4.53. The van der Waals surface area contributed by atoms with Crippen LogP contribution in [0.15, 0.2) is 24.3 Å². The molecule has 0 aliphatic heterocycles. The van der Waals surface area contributed by atoms with Crippen molar-refractivity contribution in [2.45, 2.75) is 26.7 Å². The second-order valence-electron chi connectivity index (χ2n) is 4.28. The Balaban J connectivity index is 2.55. The Kier molecular flexibility index (Phi) is 3.09. The fourth-order valence-corrected chi connectivity index (χ4v) is 2.00. The summed E-state index contributed by atoms with van der Waals surface area (Å²) in [4.78, 5) is 15.3. The largest absolute Gasteiger partial charge is 0.369 e. The fraction of sp³-hybridized carbons (Fsp3) is 0.286. The van der Waals surface area contributed by atoms with Gasteiger partial charge in [-0.25, -0.2) is 0 Å². The number of nitrogens with zero attached hydrogens (tertiary/aromatic N) is 1. The number of carbonyl (C=O) groups is 1. The molecule has 0 unspecified atom stereocenters. The maximum atomic E-state index is 10.9. The third-order valence-corrected chi connectivity index (χ3v) is 2.90. The molecule has 0 aliphatic carbocycles. The van der Waals surface area contributed by atoms with Crippen LogP contribution < -0.4 is 5.73 Å². The van der Waals surface area contributed by atoms with Crippen LogP contribution in [0, 0.1) is 6.92 Å². The first-order valence-corrected chi connectivity index (χ1v) is 5.77. The minimum atomic E-state index is -0.346. The number of hydrogen-bond donors (Lipinski definition) is 1. The van der Waals surface area contributed by atoms with Gasteiger partial charge in [0.1, 0.15) is 0 Å². The third-order valence-electron chi connectivity index (χ3n) is 2.90. The molecule has 0 atom stereocenters. The highest BCUT2D eigenvalue weighted by molar-refractivity contribution is 5.84. The van der Waals surface area contributed by atoms with Crippen molar-refractivity contribution in [2.24, 2.45) is 5.73 Å². The normalized spacial score (nSPS) is 10.7. The van der Waals surface area contributed by atoms with E-state index in [1.54, 1.807) is 0 Å². The molecule has 0 aliphatic rings. The van der Waals surface area contributed by atoms with Gasteiger partial charge in [-0.2, -0.15) is 0 Å². The highest BCUT2D eigenvalue weighted by Crippen LogP contribution is 2.20. The highest BCUT2D eigenvalue weighted by atomic mass is 16.1. The first-order valence-electron chi connectivity index (χ1n) is 5.77. The predicted molar refractivity (Wildman–Crippen MR) is 68.8 cm³/mol. The number of amides is 1. The van der Waals surface area contributed by atoms with Crippen LogP contribution >= 0.6 is 0 Å². The molecule has 0 saturated carbocycles. The molecule has 3 heteroatoms. The van der Waals surface area contributed by atoms with Gasteiger partial charge in [0.25, 0.3) is 0 Å². The Labute approximate surface area is 101 Å². The van der Waals surface area contributed by atoms with Crippen LogP contribution in [0.2, 0.25) is 0 Å². The van der Waals surface area contributed by atoms with Crippen LogP contribution in [0.4, 0.5) is 0 Å². The summed E-state index contributed by atoms with van der Waals surface area (Å²) in [6, 6.07) is 8.17. The van der Waals surface area contributed by atoms with Crippen LogP contribution in [0.25, 0.3) is 10.9 Å². The van der Waals surface area contributed by atoms with Crippen LogP contribution in [0.5, 0.6) is 0 Å². The fourth-order valence-electron chi connectivity index (χ4n) is 2.00. The van der Waals surface area contributed by atoms with Crippen molar-refractivity contribution in [3.05, 3.63) is 41.1 Å². The summed E-state index contributed by atoms with van der Waals surface area (Å²) in [6.45, 7) is 4.17. The van der Waals surface area contributed by atoms with Gasteiger partial charge in [-0.05, 0) is 42.7 Å². The van der Waals surface area contributed by atoms with E-state index in [1.807, 2.05) is 19.1 Å². The van der Waals surface area contributed by atoms with Crippen LogP contribution in [-0.4, -0.2) is 10.9 Å². The molecule has 17 heavy (non-hydrogen) atoms. The maximum Gasteiger partial charge on any atom is 0.223 e. The number of fused-ring (bicyclic) bond motifs is 1. The summed E-state index contributed by atoms with van der Waals surface area (Å²) in [6.07, 6.45) is 1.21. The number of aryl methyl sites for hydroxylation is 2. The average Bonchev–Trinajstić information content (AvgIpc) is 2.28. The molecule has 0 saturated heterocycles. The van der Waals surface area contributed by atoms with Crippen molar-refractivity contribution in [3.63, 3.8) is 0 Å². The molecule has 0 radical (unpaired) electrons. The molecule has 1 heterocycles. The quantitative estimate of drug-likeness (QED) is 0.875. The number of benzene rings is 1. The lowest BCUT2D eigenvalue weighted by molar-refractivity contribution is -0.117. The zero-order chi connectivity index (χ0) is 12.4. The van der Waals surface area contributed by atoms with Crippen molar-refractivity contribution in [2.75, 3.05) is 0 Å². The molecular weight excluding hydrogens is 212 g/mol. The Hall–Kier alpha value is -1.90. The van der Waals surface area contributed by atoms with Gasteiger partial charge in [0.2, 0.25) is 5.91 Å². The number of primary amides is 1. The molecular formula is C14H16N2O. The van der Waals surface area contributed by atoms with Gasteiger partial charge in [-0.15, -0.1) is 0 Å². The topological polar surface area (TPSA) is 56.0 Å². The molecule has 2 rings (SSSR count). The van der Waals surface area contributed by atoms with Crippen LogP contribution in [0.1, 0.15) is 23.7 Å². The van der Waals surface area contributed by atoms with E-state index in [4.69, 9.17) is 5.73 Å². The first kappa shape index (κ1) is 11.6. The van der Waals surface area contributed by atoms with E-state index in [2.05, 4.69) is 24.0 Å². The number of aromatic nitrogens is 1. The predicted octanol–water partition coefficient (Wildman–Crippen LogP) is 2.13. The van der Waals surface area contributed by atoms with Crippen molar-refractivity contribution in [3.8, 4) is 0 Å². The van der Waals surface area contributed by atoms with Gasteiger partial charge < -0.3 is 5.73 Å². The van der Waals surface area contributed by atoms with Gasteiger partial charge in [-0.1, -0.05) is 13.0 Å². The molecule has 2 N–H and O–H groups in total. The number of carbonyl (C=O) groups excluding carboxylic acids is 1. The Morgan fingerprint density at radius 3 is 2.76 bits per heavy atom. The summed E-state index contributed by atoms with van der Waals surface area (Å²) in [5, 5.41) is 1.15. The molecule has 88 valence electrons. The van der Waals surface area contributed by atoms with Gasteiger partial charge in [-0.3, -0.25) is 9.78 Å². The average molecular weight is 228 g/mol.